The van der Waals surface area contributed by atoms with Crippen LogP contribution in [0, 0.1) is 17.3 Å². The molecule has 2 fully saturated rings. The molecule has 3 nitrogen and oxygen atoms in total. The molecule has 0 spiro atoms. The Kier molecular flexibility index (Phi) is 3.01. The molecule has 2 aliphatic carbocycles. The van der Waals surface area contributed by atoms with E-state index in [-0.39, 0.29) is 11.3 Å². The van der Waals surface area contributed by atoms with Gasteiger partial charge in [-0.25, -0.2) is 0 Å². The molecule has 0 aromatic carbocycles. The quantitative estimate of drug-likeness (QED) is 0.734. The molecule has 0 saturated heterocycles. The monoisotopic (exact) mass is 210 g/mol. The van der Waals surface area contributed by atoms with Crippen molar-refractivity contribution in [2.24, 2.45) is 23.0 Å². The van der Waals surface area contributed by atoms with Gasteiger partial charge in [0.1, 0.15) is 0 Å². The van der Waals surface area contributed by atoms with E-state index < -0.39 is 0 Å². The molecule has 2 rings (SSSR count). The Labute approximate surface area is 91.8 Å². The zero-order valence-corrected chi connectivity index (χ0v) is 9.59. The summed E-state index contributed by atoms with van der Waals surface area (Å²) >= 11 is 0. The summed E-state index contributed by atoms with van der Waals surface area (Å²) in [7, 11) is 0. The van der Waals surface area contributed by atoms with Gasteiger partial charge in [0, 0.05) is 13.1 Å². The summed E-state index contributed by atoms with van der Waals surface area (Å²) in [5.74, 6) is 1.74. The number of hydrogen-bond donors (Lipinski definition) is 2. The lowest BCUT2D eigenvalue weighted by atomic mass is 9.85. The minimum Gasteiger partial charge on any atom is -0.355 e. The summed E-state index contributed by atoms with van der Waals surface area (Å²) in [6.07, 6.45) is 5.55. The van der Waals surface area contributed by atoms with E-state index in [0.29, 0.717) is 6.54 Å². The Hall–Kier alpha value is -0.570. The van der Waals surface area contributed by atoms with Crippen LogP contribution in [0.15, 0.2) is 0 Å². The fourth-order valence-electron chi connectivity index (χ4n) is 2.67. The van der Waals surface area contributed by atoms with Gasteiger partial charge in [-0.05, 0) is 31.1 Å². The lowest BCUT2D eigenvalue weighted by Crippen LogP contribution is -2.44. The highest BCUT2D eigenvalue weighted by Gasteiger charge is 2.41. The van der Waals surface area contributed by atoms with Gasteiger partial charge in [0.05, 0.1) is 5.41 Å². The molecule has 2 atom stereocenters. The summed E-state index contributed by atoms with van der Waals surface area (Å²) in [5.41, 5.74) is 5.53. The molecule has 2 saturated carbocycles. The second-order valence-corrected chi connectivity index (χ2v) is 5.37. The average Bonchev–Trinajstić information content (AvgIpc) is 2.78. The van der Waals surface area contributed by atoms with Crippen molar-refractivity contribution in [2.45, 2.75) is 39.0 Å². The van der Waals surface area contributed by atoms with E-state index in [2.05, 4.69) is 12.2 Å². The van der Waals surface area contributed by atoms with E-state index in [4.69, 9.17) is 5.73 Å². The molecule has 15 heavy (non-hydrogen) atoms. The van der Waals surface area contributed by atoms with Gasteiger partial charge >= 0.3 is 0 Å². The number of amides is 1. The highest BCUT2D eigenvalue weighted by atomic mass is 16.2. The number of carbonyl (C=O) groups excluding carboxylic acids is 1. The van der Waals surface area contributed by atoms with Crippen LogP contribution in [-0.2, 0) is 4.79 Å². The van der Waals surface area contributed by atoms with E-state index in [1.54, 1.807) is 0 Å². The van der Waals surface area contributed by atoms with Crippen LogP contribution in [0.5, 0.6) is 0 Å². The Bertz CT molecular complexity index is 246. The molecular formula is C12H22N2O. The van der Waals surface area contributed by atoms with E-state index in [9.17, 15) is 4.79 Å². The van der Waals surface area contributed by atoms with Gasteiger partial charge < -0.3 is 11.1 Å². The zero-order chi connectivity index (χ0) is 10.9. The van der Waals surface area contributed by atoms with Gasteiger partial charge in [-0.2, -0.15) is 0 Å². The first-order chi connectivity index (χ1) is 7.18. The van der Waals surface area contributed by atoms with Crippen LogP contribution >= 0.6 is 0 Å². The summed E-state index contributed by atoms with van der Waals surface area (Å²) in [6, 6.07) is 0. The molecule has 2 unspecified atom stereocenters. The van der Waals surface area contributed by atoms with E-state index in [1.165, 1.54) is 6.42 Å². The third kappa shape index (κ3) is 2.17. The van der Waals surface area contributed by atoms with E-state index >= 15 is 0 Å². The fourth-order valence-corrected chi connectivity index (χ4v) is 2.67. The fraction of sp³-hybridized carbons (Fsp3) is 0.917. The smallest absolute Gasteiger partial charge is 0.227 e. The third-order valence-corrected chi connectivity index (χ3v) is 4.23. The van der Waals surface area contributed by atoms with Gasteiger partial charge in [-0.15, -0.1) is 0 Å². The number of carbonyl (C=O) groups is 1. The molecule has 0 aromatic rings. The van der Waals surface area contributed by atoms with Crippen molar-refractivity contribution >= 4 is 5.91 Å². The molecule has 86 valence electrons. The van der Waals surface area contributed by atoms with Gasteiger partial charge in [-0.1, -0.05) is 19.8 Å². The van der Waals surface area contributed by atoms with Crippen LogP contribution in [0.4, 0.5) is 0 Å². The zero-order valence-electron chi connectivity index (χ0n) is 9.59. The molecule has 0 bridgehead atoms. The normalized spacial score (nSPS) is 32.7. The maximum atomic E-state index is 12.0. The first-order valence-corrected chi connectivity index (χ1v) is 6.16. The van der Waals surface area contributed by atoms with E-state index in [1.807, 2.05) is 0 Å². The van der Waals surface area contributed by atoms with Gasteiger partial charge in [0.25, 0.3) is 0 Å². The van der Waals surface area contributed by atoms with Crippen molar-refractivity contribution < 1.29 is 4.79 Å². The van der Waals surface area contributed by atoms with Crippen molar-refractivity contribution in [3.8, 4) is 0 Å². The number of nitrogens with one attached hydrogen (secondary N) is 1. The lowest BCUT2D eigenvalue weighted by Gasteiger charge is -2.25. The van der Waals surface area contributed by atoms with Crippen molar-refractivity contribution in [3.63, 3.8) is 0 Å². The number of rotatable bonds is 4. The minimum absolute atomic E-state index is 0.210. The molecule has 3 N–H and O–H groups in total. The molecular weight excluding hydrogens is 188 g/mol. The summed E-state index contributed by atoms with van der Waals surface area (Å²) in [5, 5.41) is 3.09. The Morgan fingerprint density at radius 3 is 2.53 bits per heavy atom. The molecule has 0 aliphatic heterocycles. The lowest BCUT2D eigenvalue weighted by molar-refractivity contribution is -0.130. The Balaban J connectivity index is 1.82. The van der Waals surface area contributed by atoms with Crippen molar-refractivity contribution in [1.82, 2.24) is 5.32 Å². The summed E-state index contributed by atoms with van der Waals surface area (Å²) < 4.78 is 0. The molecule has 2 aliphatic rings. The van der Waals surface area contributed by atoms with Crippen molar-refractivity contribution in [2.75, 3.05) is 13.1 Å². The molecule has 0 radical (unpaired) electrons. The maximum absolute atomic E-state index is 12.0. The minimum atomic E-state index is -0.224. The summed E-state index contributed by atoms with van der Waals surface area (Å²) in [6.45, 7) is 3.62. The predicted octanol–water partition coefficient (Wildman–Crippen LogP) is 1.28. The van der Waals surface area contributed by atoms with Crippen LogP contribution in [0.2, 0.25) is 0 Å². The topological polar surface area (TPSA) is 55.1 Å². The largest absolute Gasteiger partial charge is 0.355 e. The SMILES string of the molecule is CC1CC1CNC(=O)C1(CN)CCCC1. The van der Waals surface area contributed by atoms with Crippen LogP contribution < -0.4 is 11.1 Å². The van der Waals surface area contributed by atoms with Gasteiger partial charge in [-0.3, -0.25) is 4.79 Å². The Morgan fingerprint density at radius 2 is 2.07 bits per heavy atom. The molecule has 3 heteroatoms. The Morgan fingerprint density at radius 1 is 1.47 bits per heavy atom. The maximum Gasteiger partial charge on any atom is 0.227 e. The highest BCUT2D eigenvalue weighted by Crippen LogP contribution is 2.39. The first-order valence-electron chi connectivity index (χ1n) is 6.16. The predicted molar refractivity (Wildman–Crippen MR) is 60.2 cm³/mol. The molecule has 0 aromatic heterocycles. The second-order valence-electron chi connectivity index (χ2n) is 5.37. The van der Waals surface area contributed by atoms with Crippen LogP contribution in [0.25, 0.3) is 0 Å². The number of nitrogens with two attached hydrogens (primary N) is 1. The van der Waals surface area contributed by atoms with Crippen LogP contribution in [-0.4, -0.2) is 19.0 Å². The van der Waals surface area contributed by atoms with Crippen LogP contribution in [0.3, 0.4) is 0 Å². The number of hydrogen-bond acceptors (Lipinski definition) is 2. The average molecular weight is 210 g/mol. The van der Waals surface area contributed by atoms with Gasteiger partial charge in [0.15, 0.2) is 0 Å². The van der Waals surface area contributed by atoms with Crippen molar-refractivity contribution in [1.29, 1.82) is 0 Å². The summed E-state index contributed by atoms with van der Waals surface area (Å²) in [4.78, 5) is 12.0. The molecule has 1 amide bonds. The van der Waals surface area contributed by atoms with E-state index in [0.717, 1.165) is 44.1 Å². The standard InChI is InChI=1S/C12H22N2O/c1-9-6-10(9)7-14-11(15)12(8-13)4-2-3-5-12/h9-10H,2-8,13H2,1H3,(H,14,15). The third-order valence-electron chi connectivity index (χ3n) is 4.23. The van der Waals surface area contributed by atoms with Gasteiger partial charge in [0.2, 0.25) is 5.91 Å². The van der Waals surface area contributed by atoms with Crippen LogP contribution in [0.1, 0.15) is 39.0 Å². The van der Waals surface area contributed by atoms with Crippen molar-refractivity contribution in [3.05, 3.63) is 0 Å². The first kappa shape index (κ1) is 10.9. The highest BCUT2D eigenvalue weighted by molar-refractivity contribution is 5.83. The molecule has 0 heterocycles. The second kappa shape index (κ2) is 4.12.